The number of nitrogens with zero attached hydrogens (tertiary/aromatic N) is 4. The van der Waals surface area contributed by atoms with Gasteiger partial charge < -0.3 is 18.9 Å². The Balaban J connectivity index is 1.05. The predicted molar refractivity (Wildman–Crippen MR) is 242 cm³/mol. The lowest BCUT2D eigenvalue weighted by atomic mass is 9.91. The van der Waals surface area contributed by atoms with Crippen LogP contribution in [0.4, 0.5) is 22.7 Å². The summed E-state index contributed by atoms with van der Waals surface area (Å²) in [6.45, 7) is 0. The molecule has 274 valence electrons. The molecule has 0 fully saturated rings. The minimum Gasteiger partial charge on any atom is -0.332 e. The maximum absolute atomic E-state index is 2.57. The molecule has 0 N–H and O–H groups in total. The molecule has 9 aromatic rings. The van der Waals surface area contributed by atoms with Gasteiger partial charge in [-0.05, 0) is 71.8 Å². The van der Waals surface area contributed by atoms with Crippen LogP contribution in [0.1, 0.15) is 23.0 Å². The lowest BCUT2D eigenvalue weighted by Gasteiger charge is -2.29. The maximum Gasteiger partial charge on any atom is 0.0782 e. The SMILES string of the molecule is C1=CC2c3ccc4c5ccccc5n(-c5ccc(-n6c7ccccc7c7ccc8c(c76)N(c6ccccc6)C6C=CC=CC86)cc5)c4c3N(c3ccccc3)C2C=C1. The van der Waals surface area contributed by atoms with Crippen molar-refractivity contribution in [1.82, 2.24) is 9.13 Å². The molecule has 4 heteroatoms. The van der Waals surface area contributed by atoms with Crippen LogP contribution in [0.25, 0.3) is 55.0 Å². The van der Waals surface area contributed by atoms with Crippen LogP contribution in [0.2, 0.25) is 0 Å². The van der Waals surface area contributed by atoms with Gasteiger partial charge in [-0.1, -0.05) is 146 Å². The average molecular weight is 743 g/mol. The van der Waals surface area contributed by atoms with Crippen molar-refractivity contribution in [3.05, 3.63) is 217 Å². The van der Waals surface area contributed by atoms with E-state index in [0.717, 1.165) is 11.4 Å². The first-order chi connectivity index (χ1) is 28.8. The number of rotatable bonds is 4. The number of hydrogen-bond acceptors (Lipinski definition) is 2. The average Bonchev–Trinajstić information content (AvgIpc) is 4.02. The second kappa shape index (κ2) is 12.1. The van der Waals surface area contributed by atoms with Crippen molar-refractivity contribution in [1.29, 1.82) is 0 Å². The maximum atomic E-state index is 2.57. The van der Waals surface area contributed by atoms with E-state index < -0.39 is 0 Å². The molecule has 4 unspecified atom stereocenters. The summed E-state index contributed by atoms with van der Waals surface area (Å²) < 4.78 is 5.02. The molecule has 0 amide bonds. The zero-order chi connectivity index (χ0) is 37.9. The molecule has 58 heavy (non-hydrogen) atoms. The van der Waals surface area contributed by atoms with Crippen LogP contribution in [0, 0.1) is 0 Å². The summed E-state index contributed by atoms with van der Waals surface area (Å²) in [6.07, 6.45) is 18.3. The third-order valence-electron chi connectivity index (χ3n) is 13.1. The molecule has 0 spiro atoms. The summed E-state index contributed by atoms with van der Waals surface area (Å²) in [4.78, 5) is 5.15. The standard InChI is InChI=1S/C54H38N4/c1-3-15-35(16-4-1)55-47-23-11-7-19-39(47)43-31-33-45-41-21-9-13-25-49(41)57(53(45)51(43)55)37-27-29-38(30-28-37)58-50-26-14-10-22-42(50)46-34-32-44-40-20-8-12-24-48(40)56(52(44)54(46)58)36-17-5-2-6-18-36/h1-34,39-40,47-48H. The molecule has 0 radical (unpaired) electrons. The number of benzene rings is 7. The number of aromatic nitrogens is 2. The largest absolute Gasteiger partial charge is 0.332 e. The molecular formula is C54H38N4. The van der Waals surface area contributed by atoms with E-state index in [2.05, 4.69) is 225 Å². The van der Waals surface area contributed by atoms with E-state index in [9.17, 15) is 0 Å². The van der Waals surface area contributed by atoms with Crippen molar-refractivity contribution < 1.29 is 0 Å². The van der Waals surface area contributed by atoms with Gasteiger partial charge in [0.1, 0.15) is 0 Å². The summed E-state index contributed by atoms with van der Waals surface area (Å²) in [7, 11) is 0. The highest BCUT2D eigenvalue weighted by Crippen LogP contribution is 2.54. The third kappa shape index (κ3) is 4.29. The van der Waals surface area contributed by atoms with Crippen LogP contribution < -0.4 is 9.80 Å². The Morgan fingerprint density at radius 1 is 0.310 bits per heavy atom. The van der Waals surface area contributed by atoms with Crippen LogP contribution in [0.5, 0.6) is 0 Å². The van der Waals surface area contributed by atoms with E-state index >= 15 is 0 Å². The second-order valence-corrected chi connectivity index (χ2v) is 16.0. The molecule has 0 saturated heterocycles. The van der Waals surface area contributed by atoms with Crippen molar-refractivity contribution in [2.75, 3.05) is 9.80 Å². The van der Waals surface area contributed by atoms with Gasteiger partial charge >= 0.3 is 0 Å². The molecule has 4 nitrogen and oxygen atoms in total. The molecule has 2 aliphatic carbocycles. The number of allylic oxidation sites excluding steroid dienone is 4. The zero-order valence-corrected chi connectivity index (χ0v) is 31.7. The van der Waals surface area contributed by atoms with Crippen LogP contribution in [-0.2, 0) is 0 Å². The van der Waals surface area contributed by atoms with Gasteiger partial charge in [-0.3, -0.25) is 0 Å². The monoisotopic (exact) mass is 742 g/mol. The van der Waals surface area contributed by atoms with Gasteiger partial charge in [0, 0.05) is 56.1 Å². The third-order valence-corrected chi connectivity index (χ3v) is 13.1. The second-order valence-electron chi connectivity index (χ2n) is 16.0. The Labute approximate surface area is 336 Å². The van der Waals surface area contributed by atoms with E-state index in [1.807, 2.05) is 0 Å². The van der Waals surface area contributed by atoms with Gasteiger partial charge in [0.15, 0.2) is 0 Å². The van der Waals surface area contributed by atoms with Crippen molar-refractivity contribution in [3.8, 4) is 11.4 Å². The molecule has 7 aromatic carbocycles. The van der Waals surface area contributed by atoms with E-state index in [1.165, 1.54) is 77.5 Å². The van der Waals surface area contributed by atoms with E-state index in [-0.39, 0.29) is 23.9 Å². The first-order valence-electron chi connectivity index (χ1n) is 20.4. The minimum atomic E-state index is 0.212. The van der Waals surface area contributed by atoms with Gasteiger partial charge in [0.25, 0.3) is 0 Å². The number of fused-ring (bicyclic) bond motifs is 14. The highest BCUT2D eigenvalue weighted by atomic mass is 15.2. The van der Waals surface area contributed by atoms with Gasteiger partial charge in [0.05, 0.1) is 45.5 Å². The lowest BCUT2D eigenvalue weighted by Crippen LogP contribution is -2.28. The van der Waals surface area contributed by atoms with E-state index in [0.29, 0.717) is 0 Å². The topological polar surface area (TPSA) is 16.3 Å². The van der Waals surface area contributed by atoms with Gasteiger partial charge in [-0.25, -0.2) is 0 Å². The molecule has 4 atom stereocenters. The Morgan fingerprint density at radius 2 is 0.707 bits per heavy atom. The molecular weight excluding hydrogens is 705 g/mol. The van der Waals surface area contributed by atoms with Gasteiger partial charge in [0.2, 0.25) is 0 Å². The summed E-state index contributed by atoms with van der Waals surface area (Å²) >= 11 is 0. The minimum absolute atomic E-state index is 0.212. The fraction of sp³-hybridized carbons (Fsp3) is 0.0741. The highest BCUT2D eigenvalue weighted by molar-refractivity contribution is 6.16. The predicted octanol–water partition coefficient (Wildman–Crippen LogP) is 13.3. The van der Waals surface area contributed by atoms with Crippen molar-refractivity contribution >= 4 is 66.4 Å². The van der Waals surface area contributed by atoms with Crippen molar-refractivity contribution in [3.63, 3.8) is 0 Å². The fourth-order valence-electron chi connectivity index (χ4n) is 10.8. The normalized spacial score (nSPS) is 20.1. The summed E-state index contributed by atoms with van der Waals surface area (Å²) in [5.74, 6) is 0.557. The Bertz CT molecular complexity index is 3030. The van der Waals surface area contributed by atoms with Crippen LogP contribution in [-0.4, -0.2) is 21.2 Å². The van der Waals surface area contributed by atoms with Crippen molar-refractivity contribution in [2.45, 2.75) is 23.9 Å². The first kappa shape index (κ1) is 31.9. The molecule has 2 aromatic heterocycles. The van der Waals surface area contributed by atoms with Crippen molar-refractivity contribution in [2.24, 2.45) is 0 Å². The van der Waals surface area contributed by atoms with Gasteiger partial charge in [-0.2, -0.15) is 0 Å². The number of para-hydroxylation sites is 4. The summed E-state index contributed by atoms with van der Waals surface area (Å²) in [5, 5.41) is 5.08. The molecule has 13 rings (SSSR count). The zero-order valence-electron chi connectivity index (χ0n) is 31.7. The summed E-state index contributed by atoms with van der Waals surface area (Å²) in [5.41, 5.74) is 15.0. The molecule has 0 bridgehead atoms. The lowest BCUT2D eigenvalue weighted by molar-refractivity contribution is 0.745. The van der Waals surface area contributed by atoms with Crippen LogP contribution in [0.15, 0.2) is 206 Å². The molecule has 4 heterocycles. The summed E-state index contributed by atoms with van der Waals surface area (Å²) in [6, 6.07) is 58.9. The highest BCUT2D eigenvalue weighted by Gasteiger charge is 2.41. The molecule has 4 aliphatic rings. The smallest absolute Gasteiger partial charge is 0.0782 e. The molecule has 0 saturated carbocycles. The molecule has 2 aliphatic heterocycles. The van der Waals surface area contributed by atoms with Crippen LogP contribution >= 0.6 is 0 Å². The Kier molecular flexibility index (Phi) is 6.65. The van der Waals surface area contributed by atoms with Crippen LogP contribution in [0.3, 0.4) is 0 Å². The fourth-order valence-corrected chi connectivity index (χ4v) is 10.8. The quantitative estimate of drug-likeness (QED) is 0.179. The Hall–Kier alpha value is -7.30. The number of hydrogen-bond donors (Lipinski definition) is 0. The van der Waals surface area contributed by atoms with Gasteiger partial charge in [-0.15, -0.1) is 0 Å². The van der Waals surface area contributed by atoms with E-state index in [4.69, 9.17) is 0 Å². The Morgan fingerprint density at radius 3 is 1.16 bits per heavy atom. The number of anilines is 4. The van der Waals surface area contributed by atoms with E-state index in [1.54, 1.807) is 0 Å². The first-order valence-corrected chi connectivity index (χ1v) is 20.4.